The third-order valence-electron chi connectivity index (χ3n) is 6.81. The molecular formula is C24H31FN4O2. The molecule has 166 valence electrons. The molecule has 2 fully saturated rings. The number of amides is 1. The average molecular weight is 427 g/mol. The zero-order valence-electron chi connectivity index (χ0n) is 18.1. The molecule has 7 heteroatoms. The molecule has 1 aromatic carbocycles. The van der Waals surface area contributed by atoms with E-state index in [9.17, 15) is 14.0 Å². The van der Waals surface area contributed by atoms with Crippen LogP contribution in [0.2, 0.25) is 0 Å². The van der Waals surface area contributed by atoms with E-state index >= 15 is 0 Å². The van der Waals surface area contributed by atoms with Crippen LogP contribution >= 0.6 is 0 Å². The van der Waals surface area contributed by atoms with Crippen LogP contribution in [0.1, 0.15) is 42.5 Å². The second kappa shape index (κ2) is 9.32. The van der Waals surface area contributed by atoms with Crippen molar-refractivity contribution in [2.24, 2.45) is 0 Å². The summed E-state index contributed by atoms with van der Waals surface area (Å²) >= 11 is 0. The molecule has 1 saturated carbocycles. The third-order valence-corrected chi connectivity index (χ3v) is 6.81. The molecule has 2 aromatic rings. The van der Waals surface area contributed by atoms with E-state index < -0.39 is 0 Å². The minimum absolute atomic E-state index is 0.0145. The Hall–Kier alpha value is -2.51. The number of carbonyl (C=O) groups is 1. The molecular weight excluding hydrogens is 395 g/mol. The molecule has 1 aliphatic carbocycles. The lowest BCUT2D eigenvalue weighted by atomic mass is 9.79. The van der Waals surface area contributed by atoms with Crippen LogP contribution in [0.15, 0.2) is 47.4 Å². The van der Waals surface area contributed by atoms with Gasteiger partial charge in [-0.05, 0) is 50.2 Å². The van der Waals surface area contributed by atoms with Crippen molar-refractivity contribution in [1.82, 2.24) is 19.7 Å². The van der Waals surface area contributed by atoms with Gasteiger partial charge in [0, 0.05) is 56.2 Å². The van der Waals surface area contributed by atoms with Gasteiger partial charge in [-0.25, -0.2) is 4.39 Å². The molecule has 6 nitrogen and oxygen atoms in total. The van der Waals surface area contributed by atoms with Crippen LogP contribution in [0.3, 0.4) is 0 Å². The lowest BCUT2D eigenvalue weighted by molar-refractivity contribution is 0.0138. The number of nitrogens with one attached hydrogen (secondary N) is 1. The SMILES string of the molecule is CN1CCN(C2(CNC(=O)c3ccc(=O)n(-c4ccc(F)cc4)c3)CCCCC2)CC1. The Morgan fingerprint density at radius 1 is 1.00 bits per heavy atom. The number of nitrogens with zero attached hydrogens (tertiary/aromatic N) is 3. The monoisotopic (exact) mass is 426 g/mol. The number of hydrogen-bond donors (Lipinski definition) is 1. The first-order valence-electron chi connectivity index (χ1n) is 11.2. The summed E-state index contributed by atoms with van der Waals surface area (Å²) in [6.07, 6.45) is 7.38. The van der Waals surface area contributed by atoms with Gasteiger partial charge in [0.05, 0.1) is 5.56 Å². The van der Waals surface area contributed by atoms with Crippen molar-refractivity contribution in [2.75, 3.05) is 39.8 Å². The highest BCUT2D eigenvalue weighted by Crippen LogP contribution is 2.34. The van der Waals surface area contributed by atoms with Crippen LogP contribution < -0.4 is 10.9 Å². The highest BCUT2D eigenvalue weighted by molar-refractivity contribution is 5.94. The molecule has 0 bridgehead atoms. The lowest BCUT2D eigenvalue weighted by Crippen LogP contribution is -2.61. The molecule has 0 spiro atoms. The number of rotatable bonds is 5. The molecule has 0 atom stereocenters. The molecule has 1 aliphatic heterocycles. The van der Waals surface area contributed by atoms with Crippen LogP contribution in [0.25, 0.3) is 5.69 Å². The number of benzene rings is 1. The molecule has 1 N–H and O–H groups in total. The minimum Gasteiger partial charge on any atom is -0.350 e. The van der Waals surface area contributed by atoms with Gasteiger partial charge in [-0.2, -0.15) is 0 Å². The molecule has 4 rings (SSSR count). The summed E-state index contributed by atoms with van der Waals surface area (Å²) in [5, 5.41) is 3.16. The van der Waals surface area contributed by atoms with E-state index in [2.05, 4.69) is 22.2 Å². The van der Waals surface area contributed by atoms with Crippen molar-refractivity contribution in [3.63, 3.8) is 0 Å². The number of hydrogen-bond acceptors (Lipinski definition) is 4. The number of aromatic nitrogens is 1. The first kappa shape index (κ1) is 21.7. The zero-order chi connectivity index (χ0) is 21.8. The molecule has 2 heterocycles. The van der Waals surface area contributed by atoms with Gasteiger partial charge in [0.15, 0.2) is 0 Å². The zero-order valence-corrected chi connectivity index (χ0v) is 18.1. The number of likely N-dealkylation sites (N-methyl/N-ethyl adjacent to an activating group) is 1. The molecule has 2 aliphatic rings. The van der Waals surface area contributed by atoms with Gasteiger partial charge in [0.25, 0.3) is 11.5 Å². The van der Waals surface area contributed by atoms with Crippen molar-refractivity contribution >= 4 is 5.91 Å². The summed E-state index contributed by atoms with van der Waals surface area (Å²) in [5.74, 6) is -0.553. The van der Waals surface area contributed by atoms with E-state index in [-0.39, 0.29) is 22.8 Å². The molecule has 0 radical (unpaired) electrons. The van der Waals surface area contributed by atoms with E-state index in [1.165, 1.54) is 60.4 Å². The van der Waals surface area contributed by atoms with Crippen molar-refractivity contribution < 1.29 is 9.18 Å². The Kier molecular flexibility index (Phi) is 6.53. The highest BCUT2D eigenvalue weighted by atomic mass is 19.1. The van der Waals surface area contributed by atoms with Crippen LogP contribution in [0, 0.1) is 5.82 Å². The second-order valence-electron chi connectivity index (χ2n) is 8.86. The fourth-order valence-electron chi connectivity index (χ4n) is 4.87. The van der Waals surface area contributed by atoms with Crippen molar-refractivity contribution in [3.05, 3.63) is 64.3 Å². The predicted octanol–water partition coefficient (Wildman–Crippen LogP) is 2.66. The summed E-state index contributed by atoms with van der Waals surface area (Å²) < 4.78 is 14.6. The second-order valence-corrected chi connectivity index (χ2v) is 8.86. The maximum absolute atomic E-state index is 13.2. The van der Waals surface area contributed by atoms with Crippen molar-refractivity contribution in [2.45, 2.75) is 37.6 Å². The average Bonchev–Trinajstić information content (AvgIpc) is 2.79. The molecule has 1 amide bonds. The van der Waals surface area contributed by atoms with Gasteiger partial charge in [-0.3, -0.25) is 19.1 Å². The van der Waals surface area contributed by atoms with E-state index in [0.29, 0.717) is 17.8 Å². The minimum atomic E-state index is -0.368. The smallest absolute Gasteiger partial charge is 0.255 e. The van der Waals surface area contributed by atoms with Crippen molar-refractivity contribution in [3.8, 4) is 5.69 Å². The number of piperazine rings is 1. The van der Waals surface area contributed by atoms with E-state index in [1.807, 2.05) is 0 Å². The van der Waals surface area contributed by atoms with Crippen LogP contribution in [-0.2, 0) is 0 Å². The fraction of sp³-hybridized carbons (Fsp3) is 0.500. The Bertz CT molecular complexity index is 958. The lowest BCUT2D eigenvalue weighted by Gasteiger charge is -2.49. The maximum Gasteiger partial charge on any atom is 0.255 e. The van der Waals surface area contributed by atoms with E-state index in [0.717, 1.165) is 39.0 Å². The molecule has 1 aromatic heterocycles. The summed E-state index contributed by atoms with van der Waals surface area (Å²) in [4.78, 5) is 30.2. The Morgan fingerprint density at radius 2 is 1.68 bits per heavy atom. The molecule has 0 unspecified atom stereocenters. The third kappa shape index (κ3) is 4.88. The van der Waals surface area contributed by atoms with Gasteiger partial charge in [0.1, 0.15) is 5.82 Å². The maximum atomic E-state index is 13.2. The highest BCUT2D eigenvalue weighted by Gasteiger charge is 2.39. The first-order valence-corrected chi connectivity index (χ1v) is 11.2. The Morgan fingerprint density at radius 3 is 2.35 bits per heavy atom. The van der Waals surface area contributed by atoms with Crippen LogP contribution in [-0.4, -0.2) is 65.6 Å². The summed E-state index contributed by atoms with van der Waals surface area (Å²) in [5.41, 5.74) is 0.709. The largest absolute Gasteiger partial charge is 0.350 e. The number of halogens is 1. The standard InChI is InChI=1S/C24H31FN4O2/c1-27-13-15-28(16-14-27)24(11-3-2-4-12-24)18-26-23(31)19-5-10-22(30)29(17-19)21-8-6-20(25)7-9-21/h5-10,17H,2-4,11-16,18H2,1H3,(H,26,31). The number of carbonyl (C=O) groups excluding carboxylic acids is 1. The molecule has 1 saturated heterocycles. The fourth-order valence-corrected chi connectivity index (χ4v) is 4.87. The van der Waals surface area contributed by atoms with Gasteiger partial charge in [-0.1, -0.05) is 19.3 Å². The van der Waals surface area contributed by atoms with Crippen molar-refractivity contribution in [1.29, 1.82) is 0 Å². The predicted molar refractivity (Wildman–Crippen MR) is 119 cm³/mol. The van der Waals surface area contributed by atoms with Crippen LogP contribution in [0.5, 0.6) is 0 Å². The summed E-state index contributed by atoms with van der Waals surface area (Å²) in [7, 11) is 2.16. The van der Waals surface area contributed by atoms with Crippen LogP contribution in [0.4, 0.5) is 4.39 Å². The van der Waals surface area contributed by atoms with E-state index in [4.69, 9.17) is 0 Å². The Labute approximate surface area is 182 Å². The number of pyridine rings is 1. The van der Waals surface area contributed by atoms with Gasteiger partial charge < -0.3 is 10.2 Å². The first-order chi connectivity index (χ1) is 15.0. The van der Waals surface area contributed by atoms with Gasteiger partial charge in [-0.15, -0.1) is 0 Å². The summed E-state index contributed by atoms with van der Waals surface area (Å²) in [6, 6.07) is 8.61. The van der Waals surface area contributed by atoms with E-state index in [1.54, 1.807) is 6.07 Å². The van der Waals surface area contributed by atoms with Gasteiger partial charge >= 0.3 is 0 Å². The Balaban J connectivity index is 1.50. The topological polar surface area (TPSA) is 57.6 Å². The van der Waals surface area contributed by atoms with Gasteiger partial charge in [0.2, 0.25) is 0 Å². The molecule has 31 heavy (non-hydrogen) atoms. The summed E-state index contributed by atoms with van der Waals surface area (Å²) in [6.45, 7) is 4.78. The normalized spacial score (nSPS) is 19.8. The quantitative estimate of drug-likeness (QED) is 0.799.